The first-order chi connectivity index (χ1) is 24.4. The van der Waals surface area contributed by atoms with Crippen LogP contribution >= 0.6 is 0 Å². The first kappa shape index (κ1) is 35.5. The van der Waals surface area contributed by atoms with Gasteiger partial charge in [-0.25, -0.2) is 14.8 Å². The van der Waals surface area contributed by atoms with Gasteiger partial charge in [-0.05, 0) is 124 Å². The Morgan fingerprint density at radius 2 is 1.71 bits per heavy atom. The lowest BCUT2D eigenvalue weighted by atomic mass is 9.51. The zero-order chi connectivity index (χ0) is 36.0. The molecule has 0 unspecified atom stereocenters. The van der Waals surface area contributed by atoms with Gasteiger partial charge in [0.25, 0.3) is 0 Å². The molecular formula is C42H56N4O5. The van der Waals surface area contributed by atoms with E-state index < -0.39 is 0 Å². The molecule has 2 amide bonds. The van der Waals surface area contributed by atoms with Gasteiger partial charge >= 0.3 is 6.09 Å². The number of benzene rings is 1. The van der Waals surface area contributed by atoms with Gasteiger partial charge in [-0.2, -0.15) is 0 Å². The average Bonchev–Trinajstić information content (AvgIpc) is 3.63. The Labute approximate surface area is 303 Å². The van der Waals surface area contributed by atoms with Crippen molar-refractivity contribution in [2.24, 2.45) is 17.3 Å². The number of amides is 2. The maximum Gasteiger partial charge on any atom is 0.410 e. The molecule has 0 atom stereocenters. The summed E-state index contributed by atoms with van der Waals surface area (Å²) in [5, 5.41) is 0. The number of hydrogen-bond acceptors (Lipinski definition) is 7. The number of oxazole rings is 1. The molecule has 0 spiro atoms. The van der Waals surface area contributed by atoms with Crippen LogP contribution in [0.3, 0.4) is 0 Å². The van der Waals surface area contributed by atoms with Gasteiger partial charge < -0.3 is 18.8 Å². The van der Waals surface area contributed by atoms with E-state index in [1.165, 1.54) is 11.1 Å². The predicted octanol–water partition coefficient (Wildman–Crippen LogP) is 9.01. The minimum absolute atomic E-state index is 0.0458. The Kier molecular flexibility index (Phi) is 9.70. The lowest BCUT2D eigenvalue weighted by molar-refractivity contribution is -0.124. The second-order valence-electron chi connectivity index (χ2n) is 17.1. The van der Waals surface area contributed by atoms with Gasteiger partial charge in [0.05, 0.1) is 7.11 Å². The van der Waals surface area contributed by atoms with Gasteiger partial charge in [0.1, 0.15) is 29.6 Å². The summed E-state index contributed by atoms with van der Waals surface area (Å²) < 4.78 is 17.3. The Balaban J connectivity index is 1.09. The van der Waals surface area contributed by atoms with E-state index in [1.807, 2.05) is 21.9 Å². The van der Waals surface area contributed by atoms with E-state index in [-0.39, 0.29) is 40.3 Å². The first-order valence-electron chi connectivity index (χ1n) is 19.3. The van der Waals surface area contributed by atoms with Crippen molar-refractivity contribution < 1.29 is 23.5 Å². The molecule has 5 fully saturated rings. The number of pyridine rings is 1. The molecule has 0 N–H and O–H groups in total. The SMILES string of the molecule is CCC1CN(C(=O)O[C@H]2CC[C@H](C(=O)N(CC34CCC(c5ccc(OC)c(C)c5)(CC3)CC4)c3cc(-c4coc(C(C)(C)C)n4)ccn3)CC2)C1. The van der Waals surface area contributed by atoms with Crippen LogP contribution in [0.15, 0.2) is 47.2 Å². The molecular weight excluding hydrogens is 640 g/mol. The zero-order valence-electron chi connectivity index (χ0n) is 31.5. The fourth-order valence-corrected chi connectivity index (χ4v) is 9.07. The van der Waals surface area contributed by atoms with E-state index in [0.29, 0.717) is 49.9 Å². The second kappa shape index (κ2) is 13.9. The molecule has 9 nitrogen and oxygen atoms in total. The summed E-state index contributed by atoms with van der Waals surface area (Å²) in [6.07, 6.45) is 13.7. The van der Waals surface area contributed by atoms with Crippen molar-refractivity contribution in [2.45, 2.75) is 122 Å². The lowest BCUT2D eigenvalue weighted by Gasteiger charge is -2.55. The molecule has 2 bridgehead atoms. The minimum Gasteiger partial charge on any atom is -0.496 e. The first-order valence-corrected chi connectivity index (χ1v) is 19.3. The van der Waals surface area contributed by atoms with Crippen molar-refractivity contribution in [3.05, 3.63) is 59.8 Å². The number of aryl methyl sites for hydroxylation is 1. The van der Waals surface area contributed by atoms with Gasteiger partial charge in [0.15, 0.2) is 5.89 Å². The van der Waals surface area contributed by atoms with Crippen molar-refractivity contribution in [3.8, 4) is 17.0 Å². The Morgan fingerprint density at radius 1 is 1.00 bits per heavy atom. The summed E-state index contributed by atoms with van der Waals surface area (Å²) in [6.45, 7) is 12.8. The molecule has 4 saturated carbocycles. The molecule has 3 heterocycles. The Bertz CT molecular complexity index is 1700. The second-order valence-corrected chi connectivity index (χ2v) is 17.1. The maximum absolute atomic E-state index is 14.7. The van der Waals surface area contributed by atoms with Gasteiger partial charge in [-0.1, -0.05) is 39.8 Å². The van der Waals surface area contributed by atoms with Gasteiger partial charge in [0, 0.05) is 42.7 Å². The molecule has 2 aromatic heterocycles. The normalized spacial score (nSPS) is 26.4. The molecule has 1 aromatic carbocycles. The third-order valence-electron chi connectivity index (χ3n) is 12.7. The fourth-order valence-electron chi connectivity index (χ4n) is 9.07. The van der Waals surface area contributed by atoms with E-state index in [9.17, 15) is 9.59 Å². The van der Waals surface area contributed by atoms with Crippen molar-refractivity contribution in [3.63, 3.8) is 0 Å². The highest BCUT2D eigenvalue weighted by atomic mass is 16.6. The van der Waals surface area contributed by atoms with Crippen LogP contribution in [0, 0.1) is 24.2 Å². The topological polar surface area (TPSA) is 98.0 Å². The molecule has 8 rings (SSSR count). The van der Waals surface area contributed by atoms with Crippen LogP contribution in [0.2, 0.25) is 0 Å². The highest BCUT2D eigenvalue weighted by Crippen LogP contribution is 2.58. The van der Waals surface area contributed by atoms with Crippen molar-refractivity contribution in [2.75, 3.05) is 31.6 Å². The minimum atomic E-state index is -0.211. The summed E-state index contributed by atoms with van der Waals surface area (Å²) >= 11 is 0. The number of carbonyl (C=O) groups excluding carboxylic acids is 2. The van der Waals surface area contributed by atoms with Gasteiger partial charge in [-0.3, -0.25) is 9.69 Å². The molecule has 5 aliphatic rings. The zero-order valence-corrected chi connectivity index (χ0v) is 31.5. The number of anilines is 1. The largest absolute Gasteiger partial charge is 0.496 e. The van der Waals surface area contributed by atoms with Crippen molar-refractivity contribution >= 4 is 17.8 Å². The number of aromatic nitrogens is 2. The fraction of sp³-hybridized carbons (Fsp3) is 0.619. The van der Waals surface area contributed by atoms with Crippen molar-refractivity contribution in [1.82, 2.24) is 14.9 Å². The predicted molar refractivity (Wildman–Crippen MR) is 198 cm³/mol. The number of methoxy groups -OCH3 is 1. The third-order valence-corrected chi connectivity index (χ3v) is 12.7. The average molecular weight is 697 g/mol. The molecule has 1 aliphatic heterocycles. The molecule has 4 aliphatic carbocycles. The lowest BCUT2D eigenvalue weighted by Crippen LogP contribution is -2.52. The summed E-state index contributed by atoms with van der Waals surface area (Å²) in [4.78, 5) is 40.9. The molecule has 51 heavy (non-hydrogen) atoms. The summed E-state index contributed by atoms with van der Waals surface area (Å²) in [6, 6.07) is 10.7. The monoisotopic (exact) mass is 696 g/mol. The van der Waals surface area contributed by atoms with E-state index in [0.717, 1.165) is 75.0 Å². The third kappa shape index (κ3) is 7.14. The number of carbonyl (C=O) groups is 2. The number of hydrogen-bond donors (Lipinski definition) is 0. The van der Waals surface area contributed by atoms with Crippen LogP contribution in [-0.2, 0) is 20.4 Å². The maximum atomic E-state index is 14.7. The van der Waals surface area contributed by atoms with Crippen LogP contribution < -0.4 is 9.64 Å². The highest BCUT2D eigenvalue weighted by Gasteiger charge is 2.51. The number of likely N-dealkylation sites (tertiary alicyclic amines) is 1. The van der Waals surface area contributed by atoms with Crippen LogP contribution in [0.25, 0.3) is 11.3 Å². The quantitative estimate of drug-likeness (QED) is 0.220. The Hall–Kier alpha value is -3.88. The molecule has 1 saturated heterocycles. The Morgan fingerprint density at radius 3 is 2.31 bits per heavy atom. The summed E-state index contributed by atoms with van der Waals surface area (Å²) in [7, 11) is 1.73. The number of nitrogens with zero attached hydrogens (tertiary/aromatic N) is 4. The summed E-state index contributed by atoms with van der Waals surface area (Å²) in [5.74, 6) is 2.88. The molecule has 3 aromatic rings. The summed E-state index contributed by atoms with van der Waals surface area (Å²) in [5.41, 5.74) is 4.28. The van der Waals surface area contributed by atoms with E-state index in [1.54, 1.807) is 19.6 Å². The van der Waals surface area contributed by atoms with Crippen LogP contribution in [-0.4, -0.2) is 59.7 Å². The number of fused-ring (bicyclic) bond motifs is 3. The molecule has 0 radical (unpaired) electrons. The smallest absolute Gasteiger partial charge is 0.410 e. The van der Waals surface area contributed by atoms with E-state index in [4.69, 9.17) is 23.9 Å². The van der Waals surface area contributed by atoms with Crippen LogP contribution in [0.4, 0.5) is 10.6 Å². The molecule has 9 heteroatoms. The van der Waals surface area contributed by atoms with Gasteiger partial charge in [0.2, 0.25) is 5.91 Å². The molecule has 274 valence electrons. The number of rotatable bonds is 9. The standard InChI is InChI=1S/C42H56N4O5/c1-7-29-24-45(25-29)39(48)51-33-11-8-30(9-12-33)37(47)46(36-23-31(14-21-43-36)34-26-50-38(44-34)40(3,4)5)27-41-15-18-42(19-16-41,20-17-41)32-10-13-35(49-6)28(2)22-32/h10,13-14,21-23,26,29-30,33H,7-9,11-12,15-20,24-25,27H2,1-6H3/t30-,33-,41?,42?. The van der Waals surface area contributed by atoms with Crippen LogP contribution in [0.5, 0.6) is 5.75 Å². The van der Waals surface area contributed by atoms with Gasteiger partial charge in [-0.15, -0.1) is 0 Å². The highest BCUT2D eigenvalue weighted by molar-refractivity contribution is 5.95. The van der Waals surface area contributed by atoms with E-state index in [2.05, 4.69) is 52.8 Å². The van der Waals surface area contributed by atoms with Crippen LogP contribution in [0.1, 0.15) is 115 Å². The number of ether oxygens (including phenoxy) is 2. The van der Waals surface area contributed by atoms with Crippen molar-refractivity contribution in [1.29, 1.82) is 0 Å². The van der Waals surface area contributed by atoms with E-state index >= 15 is 0 Å².